The molecule has 0 aromatic carbocycles. The molecular formula is C59H93N19O21S2. The molecule has 0 aromatic rings. The van der Waals surface area contributed by atoms with Crippen LogP contribution in [0, 0.1) is 5.92 Å². The van der Waals surface area contributed by atoms with E-state index in [1.807, 2.05) is 0 Å². The maximum absolute atomic E-state index is 14.9. The Labute approximate surface area is 587 Å². The SMILES string of the molecule is CC[C@H](C)[C@@H]1NC(=O)[C@@H]2CCCN2C(=O)[C@@H]2CCCN2C(=O)[C@H](CCC(=O)O)NC(=O)[C@H](CO)NC(=O)[C@H](CCCN=C(N)N)NC(=O)[C@H]([C@@H](C)O)NC(=O)[C@@H]2CSSC[C@H](NC1=O)C(=O)N[C@@H](CC(N)=O)C(=O)N1CCC[C@H]1C(=O)N[C@@H](CC(N)=O)C(=O)NCC(=O)N[C@@H]([C@@H](C)O)C(=O)N2. The Morgan fingerprint density at radius 2 is 0.941 bits per heavy atom. The Hall–Kier alpha value is -9.16. The van der Waals surface area contributed by atoms with Gasteiger partial charge in [0, 0.05) is 44.1 Å². The van der Waals surface area contributed by atoms with Crippen molar-refractivity contribution in [3.63, 3.8) is 0 Å². The minimum Gasteiger partial charge on any atom is -0.481 e. The lowest BCUT2D eigenvalue weighted by Crippen LogP contribution is -2.63. The first-order valence-electron chi connectivity index (χ1n) is 32.9. The summed E-state index contributed by atoms with van der Waals surface area (Å²) in [7, 11) is 1.43. The normalized spacial score (nSPS) is 29.1. The summed E-state index contributed by atoms with van der Waals surface area (Å²) >= 11 is 0. The van der Waals surface area contributed by atoms with E-state index < -0.39 is 247 Å². The van der Waals surface area contributed by atoms with Crippen molar-refractivity contribution < 1.29 is 102 Å². The van der Waals surface area contributed by atoms with Crippen LogP contribution in [0.15, 0.2) is 4.99 Å². The van der Waals surface area contributed by atoms with Crippen LogP contribution in [0.4, 0.5) is 0 Å². The van der Waals surface area contributed by atoms with Crippen molar-refractivity contribution in [2.24, 2.45) is 33.8 Å². The van der Waals surface area contributed by atoms with E-state index in [4.69, 9.17) is 22.9 Å². The average molecular weight is 1470 g/mol. The zero-order valence-electron chi connectivity index (χ0n) is 56.2. The highest BCUT2D eigenvalue weighted by molar-refractivity contribution is 8.76. The van der Waals surface area contributed by atoms with Crippen LogP contribution in [-0.2, 0) is 81.5 Å². The van der Waals surface area contributed by atoms with Crippen LogP contribution >= 0.6 is 21.6 Å². The monoisotopic (exact) mass is 1470 g/mol. The Kier molecular flexibility index (Phi) is 32.0. The first-order chi connectivity index (χ1) is 47.7. The fourth-order valence-corrected chi connectivity index (χ4v) is 14.1. The van der Waals surface area contributed by atoms with Gasteiger partial charge in [-0.05, 0) is 77.6 Å². The number of carbonyl (C=O) groups is 17. The van der Waals surface area contributed by atoms with Gasteiger partial charge < -0.3 is 117 Å². The number of rotatable bonds is 16. The molecule has 5 aliphatic rings. The molecule has 5 heterocycles. The number of aliphatic hydroxyl groups excluding tert-OH is 3. The van der Waals surface area contributed by atoms with Crippen LogP contribution in [0.25, 0.3) is 0 Å². The summed E-state index contributed by atoms with van der Waals surface area (Å²) in [6.45, 7) is 2.71. The number of hydrogen-bond acceptors (Lipinski definition) is 23. The third kappa shape index (κ3) is 24.0. The van der Waals surface area contributed by atoms with E-state index in [1.165, 1.54) is 4.90 Å². The molecule has 0 aromatic heterocycles. The molecular weight excluding hydrogens is 1370 g/mol. The molecule has 0 saturated carbocycles. The third-order valence-electron chi connectivity index (χ3n) is 17.4. The Morgan fingerprint density at radius 1 is 0.505 bits per heavy atom. The van der Waals surface area contributed by atoms with E-state index in [0.717, 1.165) is 34.4 Å². The van der Waals surface area contributed by atoms with Crippen molar-refractivity contribution in [3.8, 4) is 0 Å². The van der Waals surface area contributed by atoms with Gasteiger partial charge in [-0.25, -0.2) is 0 Å². The molecule has 16 amide bonds. The summed E-state index contributed by atoms with van der Waals surface area (Å²) < 4.78 is 0. The van der Waals surface area contributed by atoms with Crippen molar-refractivity contribution >= 4 is 128 Å². The molecule has 16 atom stereocenters. The number of aliphatic carboxylic acids is 1. The molecule has 0 aliphatic carbocycles. The first kappa shape index (κ1) is 82.5. The number of fused-ring (bicyclic) bond motifs is 8. The molecule has 23 N–H and O–H groups in total. The molecule has 5 rings (SSSR count). The van der Waals surface area contributed by atoms with Crippen LogP contribution < -0.4 is 81.4 Å². The standard InChI is InChI=1S/C59H93N19O21S2/c1-5-26(2)43-53(94)71-34-24-100-101-25-35(72-54(95)44(27(3)80)73-41(84)22-65-46(87)31(20-39(60)82)68-51(92)36-11-7-17-76(36)57(98)32(21-40(61)83)69-49(34)90)50(91)75-45(28(4)81)55(96)66-29(10-6-16-64-59(62)63)47(88)70-33(23-79)48(89)67-30(14-15-42(85)86)56(97)78-19-9-13-38(78)58(99)77-18-8-12-37(77)52(93)74-43/h26-38,43-45,79-81H,5-25H2,1-4H3,(H2,60,82)(H2,61,83)(H,65,87)(H,66,96)(H,67,89)(H,68,92)(H,69,90)(H,70,88)(H,71,94)(H,72,95)(H,73,84)(H,74,93)(H,75,91)(H,85,86)(H4,62,63,64)/t26-,27+,28+,29-,30-,31-,32-,33-,34-,35-,36-,37-,38-,43-,44-,45-/m0/s1. The van der Waals surface area contributed by atoms with Gasteiger partial charge in [0.15, 0.2) is 5.96 Å². The van der Waals surface area contributed by atoms with E-state index >= 15 is 0 Å². The summed E-state index contributed by atoms with van der Waals surface area (Å²) in [6, 6.07) is -22.4. The molecule has 40 nitrogen and oxygen atoms in total. The molecule has 101 heavy (non-hydrogen) atoms. The highest BCUT2D eigenvalue weighted by Crippen LogP contribution is 2.28. The molecule has 0 unspecified atom stereocenters. The lowest BCUT2D eigenvalue weighted by molar-refractivity contribution is -0.148. The molecule has 5 fully saturated rings. The number of carboxylic acids is 1. The quantitative estimate of drug-likeness (QED) is 0.0295. The lowest BCUT2D eigenvalue weighted by Gasteiger charge is -2.34. The Bertz CT molecular complexity index is 3140. The number of hydrogen-bond donors (Lipinski definition) is 19. The fourth-order valence-electron chi connectivity index (χ4n) is 11.8. The van der Waals surface area contributed by atoms with Crippen molar-refractivity contribution in [1.82, 2.24) is 73.2 Å². The van der Waals surface area contributed by atoms with Gasteiger partial charge in [0.25, 0.3) is 0 Å². The summed E-state index contributed by atoms with van der Waals surface area (Å²) in [4.78, 5) is 246. The molecule has 562 valence electrons. The molecule has 2 bridgehead atoms. The predicted molar refractivity (Wildman–Crippen MR) is 356 cm³/mol. The lowest BCUT2D eigenvalue weighted by atomic mass is 9.97. The largest absolute Gasteiger partial charge is 0.481 e. The Morgan fingerprint density at radius 3 is 1.48 bits per heavy atom. The molecule has 5 saturated heterocycles. The number of nitrogens with one attached hydrogen (secondary N) is 11. The molecule has 0 spiro atoms. The summed E-state index contributed by atoms with van der Waals surface area (Å²) in [5.41, 5.74) is 22.1. The van der Waals surface area contributed by atoms with Gasteiger partial charge in [-0.2, -0.15) is 0 Å². The molecule has 42 heteroatoms. The van der Waals surface area contributed by atoms with Crippen LogP contribution in [0.1, 0.15) is 111 Å². The van der Waals surface area contributed by atoms with E-state index in [0.29, 0.717) is 10.8 Å². The van der Waals surface area contributed by atoms with Gasteiger partial charge >= 0.3 is 5.97 Å². The van der Waals surface area contributed by atoms with Crippen molar-refractivity contribution in [3.05, 3.63) is 0 Å². The minimum absolute atomic E-state index is 0.0237. The number of nitrogens with two attached hydrogens (primary N) is 4. The number of guanidine groups is 1. The average Bonchev–Trinajstić information content (AvgIpc) is 1.68. The summed E-state index contributed by atoms with van der Waals surface area (Å²) in [5, 5.41) is 68.5. The van der Waals surface area contributed by atoms with E-state index in [-0.39, 0.29) is 89.9 Å². The number of carboxylic acid groups (broad SMARTS) is 1. The van der Waals surface area contributed by atoms with E-state index in [2.05, 4.69) is 63.5 Å². The van der Waals surface area contributed by atoms with Gasteiger partial charge in [0.2, 0.25) is 94.5 Å². The molecule has 5 aliphatic heterocycles. The summed E-state index contributed by atoms with van der Waals surface area (Å²) in [5.74, 6) is -21.5. The van der Waals surface area contributed by atoms with Crippen molar-refractivity contribution in [2.45, 2.75) is 202 Å². The fraction of sp³-hybridized carbons (Fsp3) is 0.695. The number of primary amides is 2. The van der Waals surface area contributed by atoms with Gasteiger partial charge in [0.1, 0.15) is 78.5 Å². The number of carbonyl (C=O) groups excluding carboxylic acids is 16. The van der Waals surface area contributed by atoms with Gasteiger partial charge in [-0.15, -0.1) is 0 Å². The van der Waals surface area contributed by atoms with Crippen LogP contribution in [-0.4, -0.2) is 283 Å². The van der Waals surface area contributed by atoms with Gasteiger partial charge in [0.05, 0.1) is 38.2 Å². The second-order valence-electron chi connectivity index (χ2n) is 25.1. The maximum atomic E-state index is 14.9. The topological polar surface area (TPSA) is 630 Å². The van der Waals surface area contributed by atoms with Gasteiger partial charge in [-0.3, -0.25) is 86.5 Å². The minimum atomic E-state index is -2.07. The van der Waals surface area contributed by atoms with Gasteiger partial charge in [-0.1, -0.05) is 41.9 Å². The Balaban J connectivity index is 1.68. The maximum Gasteiger partial charge on any atom is 0.303 e. The highest BCUT2D eigenvalue weighted by atomic mass is 33.1. The van der Waals surface area contributed by atoms with Crippen LogP contribution in [0.2, 0.25) is 0 Å². The number of amides is 16. The number of aliphatic hydroxyl groups is 3. The molecule has 0 radical (unpaired) electrons. The van der Waals surface area contributed by atoms with E-state index in [1.54, 1.807) is 13.8 Å². The second-order valence-corrected chi connectivity index (χ2v) is 27.6. The first-order valence-corrected chi connectivity index (χ1v) is 35.4. The van der Waals surface area contributed by atoms with Crippen molar-refractivity contribution in [2.75, 3.05) is 50.8 Å². The third-order valence-corrected chi connectivity index (χ3v) is 19.8. The zero-order valence-corrected chi connectivity index (χ0v) is 57.9. The summed E-state index contributed by atoms with van der Waals surface area (Å²) in [6.07, 6.45) is -6.40. The van der Waals surface area contributed by atoms with Crippen LogP contribution in [0.3, 0.4) is 0 Å². The number of nitrogens with zero attached hydrogens (tertiary/aromatic N) is 4. The highest BCUT2D eigenvalue weighted by Gasteiger charge is 2.47. The predicted octanol–water partition coefficient (Wildman–Crippen LogP) is -10.2. The van der Waals surface area contributed by atoms with Crippen molar-refractivity contribution in [1.29, 1.82) is 0 Å². The second kappa shape index (κ2) is 39.2. The zero-order chi connectivity index (χ0) is 75.1. The smallest absolute Gasteiger partial charge is 0.303 e. The van der Waals surface area contributed by atoms with E-state index in [9.17, 15) is 102 Å². The van der Waals surface area contributed by atoms with Crippen LogP contribution in [0.5, 0.6) is 0 Å². The number of aliphatic imine (C=N–C) groups is 1.